The first-order valence-electron chi connectivity index (χ1n) is 5.69. The van der Waals surface area contributed by atoms with Gasteiger partial charge in [-0.05, 0) is 24.4 Å². The molecule has 0 aromatic carbocycles. The topological polar surface area (TPSA) is 98.0 Å². The molecule has 1 aliphatic carbocycles. The normalized spacial score (nSPS) is 15.6. The molecule has 2 aromatic rings. The van der Waals surface area contributed by atoms with Gasteiger partial charge in [0.25, 0.3) is 0 Å². The lowest BCUT2D eigenvalue weighted by atomic mass is 10.5. The average molecular weight is 316 g/mol. The van der Waals surface area contributed by atoms with Crippen molar-refractivity contribution in [2.24, 2.45) is 0 Å². The van der Waals surface area contributed by atoms with Gasteiger partial charge in [0.2, 0.25) is 0 Å². The summed E-state index contributed by atoms with van der Waals surface area (Å²) in [4.78, 5) is 4.30. The molecule has 0 atom stereocenters. The van der Waals surface area contributed by atoms with Crippen LogP contribution in [-0.2, 0) is 16.4 Å². The van der Waals surface area contributed by atoms with E-state index in [1.165, 1.54) is 11.3 Å². The average Bonchev–Trinajstić information content (AvgIpc) is 2.99. The van der Waals surface area contributed by atoms with Gasteiger partial charge in [-0.25, -0.2) is 13.4 Å². The Hall–Kier alpha value is -1.19. The van der Waals surface area contributed by atoms with Crippen LogP contribution < -0.4 is 11.1 Å². The maximum atomic E-state index is 12.3. The van der Waals surface area contributed by atoms with Crippen LogP contribution in [0.1, 0.15) is 18.5 Å². The van der Waals surface area contributed by atoms with Crippen molar-refractivity contribution in [2.45, 2.75) is 29.5 Å². The fraction of sp³-hybridized carbons (Fsp3) is 0.400. The molecule has 1 aliphatic rings. The van der Waals surface area contributed by atoms with Gasteiger partial charge in [0.1, 0.15) is 9.90 Å². The van der Waals surface area contributed by atoms with Crippen LogP contribution in [-0.4, -0.2) is 23.0 Å². The van der Waals surface area contributed by atoms with Crippen molar-refractivity contribution in [1.82, 2.24) is 9.36 Å². The molecule has 0 spiro atoms. The number of rotatable bonds is 5. The quantitative estimate of drug-likeness (QED) is 0.871. The maximum absolute atomic E-state index is 12.3. The van der Waals surface area contributed by atoms with E-state index in [9.17, 15) is 8.42 Å². The zero-order valence-electron chi connectivity index (χ0n) is 9.87. The number of nitrogen functional groups attached to an aromatic ring is 1. The molecule has 0 amide bonds. The van der Waals surface area contributed by atoms with Gasteiger partial charge in [0.05, 0.1) is 23.0 Å². The number of sulfone groups is 1. The van der Waals surface area contributed by atoms with Crippen LogP contribution in [0.3, 0.4) is 0 Å². The van der Waals surface area contributed by atoms with Crippen LogP contribution in [0.4, 0.5) is 10.8 Å². The molecule has 6 nitrogen and oxygen atoms in total. The first-order valence-corrected chi connectivity index (χ1v) is 8.95. The molecule has 3 rings (SSSR count). The van der Waals surface area contributed by atoms with Crippen LogP contribution in [0.5, 0.6) is 0 Å². The summed E-state index contributed by atoms with van der Waals surface area (Å²) < 4.78 is 28.5. The van der Waals surface area contributed by atoms with E-state index < -0.39 is 9.84 Å². The van der Waals surface area contributed by atoms with Crippen molar-refractivity contribution < 1.29 is 8.42 Å². The zero-order chi connectivity index (χ0) is 13.5. The zero-order valence-corrected chi connectivity index (χ0v) is 12.3. The predicted octanol–water partition coefficient (Wildman–Crippen LogP) is 1.73. The SMILES string of the molecule is Nc1nsc(NCc2cscn2)c1S(=O)(=O)C1CC1. The van der Waals surface area contributed by atoms with Gasteiger partial charge in [-0.1, -0.05) is 0 Å². The van der Waals surface area contributed by atoms with Crippen molar-refractivity contribution in [1.29, 1.82) is 0 Å². The lowest BCUT2D eigenvalue weighted by Crippen LogP contribution is -2.11. The number of anilines is 2. The van der Waals surface area contributed by atoms with Crippen molar-refractivity contribution in [3.63, 3.8) is 0 Å². The van der Waals surface area contributed by atoms with Gasteiger partial charge in [-0.15, -0.1) is 11.3 Å². The molecule has 1 fully saturated rings. The maximum Gasteiger partial charge on any atom is 0.187 e. The third-order valence-electron chi connectivity index (χ3n) is 2.84. The summed E-state index contributed by atoms with van der Waals surface area (Å²) in [7, 11) is -3.33. The van der Waals surface area contributed by atoms with E-state index in [2.05, 4.69) is 14.7 Å². The molecule has 102 valence electrons. The standard InChI is InChI=1S/C10H12N4O2S3/c11-9-8(19(15,16)7-1-2-7)10(18-14-9)12-3-6-4-17-5-13-6/h4-5,7,12H,1-3H2,(H2,11,14). The van der Waals surface area contributed by atoms with Gasteiger partial charge >= 0.3 is 0 Å². The van der Waals surface area contributed by atoms with Crippen LogP contribution in [0.2, 0.25) is 0 Å². The molecule has 0 aliphatic heterocycles. The molecule has 3 N–H and O–H groups in total. The van der Waals surface area contributed by atoms with E-state index in [1.54, 1.807) is 5.51 Å². The van der Waals surface area contributed by atoms with Crippen molar-refractivity contribution in [3.05, 3.63) is 16.6 Å². The molecule has 1 saturated carbocycles. The highest BCUT2D eigenvalue weighted by Gasteiger charge is 2.40. The van der Waals surface area contributed by atoms with E-state index in [0.29, 0.717) is 24.4 Å². The Labute approximate surface area is 118 Å². The summed E-state index contributed by atoms with van der Waals surface area (Å²) in [5, 5.41) is 5.20. The number of hydrogen-bond donors (Lipinski definition) is 2. The largest absolute Gasteiger partial charge is 0.382 e. The fourth-order valence-electron chi connectivity index (χ4n) is 1.72. The minimum atomic E-state index is -3.33. The molecule has 2 aromatic heterocycles. The summed E-state index contributed by atoms with van der Waals surface area (Å²) in [5.41, 5.74) is 8.31. The number of nitrogens with zero attached hydrogens (tertiary/aromatic N) is 2. The van der Waals surface area contributed by atoms with Gasteiger partial charge in [0, 0.05) is 5.38 Å². The molecule has 9 heteroatoms. The molecule has 0 radical (unpaired) electrons. The van der Waals surface area contributed by atoms with Crippen LogP contribution in [0.25, 0.3) is 0 Å². The smallest absolute Gasteiger partial charge is 0.187 e. The number of aromatic nitrogens is 2. The molecule has 2 heterocycles. The third kappa shape index (κ3) is 2.45. The summed E-state index contributed by atoms with van der Waals surface area (Å²) in [6.07, 6.45) is 1.42. The van der Waals surface area contributed by atoms with Gasteiger partial charge < -0.3 is 11.1 Å². The lowest BCUT2D eigenvalue weighted by molar-refractivity contribution is 0.595. The predicted molar refractivity (Wildman–Crippen MR) is 76.2 cm³/mol. The van der Waals surface area contributed by atoms with E-state index >= 15 is 0 Å². The van der Waals surface area contributed by atoms with Crippen molar-refractivity contribution >= 4 is 43.5 Å². The van der Waals surface area contributed by atoms with Gasteiger partial charge in [-0.3, -0.25) is 0 Å². The number of nitrogens with one attached hydrogen (secondary N) is 1. The van der Waals surface area contributed by atoms with Gasteiger partial charge in [0.15, 0.2) is 15.7 Å². The Kier molecular flexibility index (Phi) is 3.19. The lowest BCUT2D eigenvalue weighted by Gasteiger charge is -2.06. The summed E-state index contributed by atoms with van der Waals surface area (Å²) in [5.74, 6) is 0.0951. The van der Waals surface area contributed by atoms with E-state index in [4.69, 9.17) is 5.73 Å². The molecule has 0 bridgehead atoms. The number of hydrogen-bond acceptors (Lipinski definition) is 8. The molecular formula is C10H12N4O2S3. The van der Waals surface area contributed by atoms with E-state index in [0.717, 1.165) is 17.2 Å². The van der Waals surface area contributed by atoms with Crippen molar-refractivity contribution in [3.8, 4) is 0 Å². The Bertz CT molecular complexity index is 674. The first kappa shape index (κ1) is 12.8. The molecule has 0 saturated heterocycles. The summed E-state index contributed by atoms with van der Waals surface area (Å²) in [6.45, 7) is 0.471. The molecule has 19 heavy (non-hydrogen) atoms. The summed E-state index contributed by atoms with van der Waals surface area (Å²) in [6, 6.07) is 0. The minimum absolute atomic E-state index is 0.0951. The van der Waals surface area contributed by atoms with Crippen molar-refractivity contribution in [2.75, 3.05) is 11.1 Å². The monoisotopic (exact) mass is 316 g/mol. The highest BCUT2D eigenvalue weighted by molar-refractivity contribution is 7.92. The van der Waals surface area contributed by atoms with E-state index in [1.807, 2.05) is 5.38 Å². The Morgan fingerprint density at radius 2 is 2.26 bits per heavy atom. The van der Waals surface area contributed by atoms with Crippen LogP contribution >= 0.6 is 22.9 Å². The van der Waals surface area contributed by atoms with Crippen LogP contribution in [0.15, 0.2) is 15.8 Å². The third-order valence-corrected chi connectivity index (χ3v) is 6.75. The number of nitrogens with two attached hydrogens (primary N) is 1. The van der Waals surface area contributed by atoms with E-state index in [-0.39, 0.29) is 16.0 Å². The minimum Gasteiger partial charge on any atom is -0.382 e. The number of thiazole rings is 1. The highest BCUT2D eigenvalue weighted by atomic mass is 32.2. The Morgan fingerprint density at radius 1 is 1.47 bits per heavy atom. The molecule has 0 unspecified atom stereocenters. The second-order valence-corrected chi connectivity index (χ2v) is 7.96. The first-order chi connectivity index (χ1) is 9.09. The Balaban J connectivity index is 1.86. The van der Waals surface area contributed by atoms with Crippen LogP contribution in [0, 0.1) is 0 Å². The summed E-state index contributed by atoms with van der Waals surface area (Å²) >= 11 is 2.58. The highest BCUT2D eigenvalue weighted by Crippen LogP contribution is 2.41. The fourth-order valence-corrected chi connectivity index (χ4v) is 5.16. The second kappa shape index (κ2) is 4.73. The van der Waals surface area contributed by atoms with Gasteiger partial charge in [-0.2, -0.15) is 4.37 Å². The Morgan fingerprint density at radius 3 is 2.89 bits per heavy atom. The molecular weight excluding hydrogens is 304 g/mol. The second-order valence-electron chi connectivity index (χ2n) is 4.30.